The summed E-state index contributed by atoms with van der Waals surface area (Å²) in [6.45, 7) is 1.97. The first kappa shape index (κ1) is 15.5. The molecule has 4 nitrogen and oxygen atoms in total. The molecular weight excluding hydrogens is 284 g/mol. The van der Waals surface area contributed by atoms with Gasteiger partial charge in [-0.25, -0.2) is 4.79 Å². The Balaban J connectivity index is 1.95. The third-order valence-corrected chi connectivity index (χ3v) is 4.08. The maximum atomic E-state index is 11.3. The highest BCUT2D eigenvalue weighted by Crippen LogP contribution is 2.23. The fraction of sp³-hybridized carbons (Fsp3) is 0.250. The summed E-state index contributed by atoms with van der Waals surface area (Å²) in [5.74, 6) is 0.382. The lowest BCUT2D eigenvalue weighted by Crippen LogP contribution is -2.04. The molecule has 21 heavy (non-hydrogen) atoms. The molecule has 0 radical (unpaired) electrons. The second-order valence-electron chi connectivity index (χ2n) is 4.68. The number of hydrogen-bond donors (Lipinski definition) is 1. The van der Waals surface area contributed by atoms with Crippen molar-refractivity contribution in [1.82, 2.24) is 4.98 Å². The van der Waals surface area contributed by atoms with E-state index in [0.717, 1.165) is 17.0 Å². The van der Waals surface area contributed by atoms with Crippen LogP contribution in [0.1, 0.15) is 34.6 Å². The number of carbonyl (C=O) groups is 1. The van der Waals surface area contributed by atoms with E-state index in [4.69, 9.17) is 5.73 Å². The van der Waals surface area contributed by atoms with Crippen LogP contribution in [0.15, 0.2) is 47.5 Å². The highest BCUT2D eigenvalue weighted by molar-refractivity contribution is 7.98. The number of rotatable bonds is 5. The van der Waals surface area contributed by atoms with E-state index < -0.39 is 0 Å². The number of pyridine rings is 1. The first-order valence-electron chi connectivity index (χ1n) is 6.61. The quantitative estimate of drug-likeness (QED) is 0.679. The van der Waals surface area contributed by atoms with Crippen molar-refractivity contribution in [2.24, 2.45) is 5.73 Å². The minimum atomic E-state index is -0.367. The van der Waals surface area contributed by atoms with Crippen LogP contribution in [0.4, 0.5) is 0 Å². The Labute approximate surface area is 128 Å². The van der Waals surface area contributed by atoms with E-state index in [1.165, 1.54) is 12.0 Å². The van der Waals surface area contributed by atoms with Crippen LogP contribution in [0, 0.1) is 0 Å². The molecule has 0 amide bonds. The number of carbonyl (C=O) groups excluding carboxylic acids is 1. The van der Waals surface area contributed by atoms with Gasteiger partial charge in [0.05, 0.1) is 18.4 Å². The molecule has 5 heteroatoms. The average Bonchev–Trinajstić information content (AvgIpc) is 2.53. The standard InChI is InChI=1S/C16H18N2O2S/c1-11(17)12-4-7-15(8-5-12)21-10-14-6-3-13(9-18-14)16(19)20-2/h3-9,11H,10,17H2,1-2H3. The number of aromatic nitrogens is 1. The summed E-state index contributed by atoms with van der Waals surface area (Å²) >= 11 is 1.69. The van der Waals surface area contributed by atoms with E-state index in [1.807, 2.05) is 25.1 Å². The van der Waals surface area contributed by atoms with E-state index in [-0.39, 0.29) is 12.0 Å². The minimum absolute atomic E-state index is 0.0524. The smallest absolute Gasteiger partial charge is 0.339 e. The van der Waals surface area contributed by atoms with E-state index in [0.29, 0.717) is 5.56 Å². The van der Waals surface area contributed by atoms with Crippen molar-refractivity contribution >= 4 is 17.7 Å². The Bertz CT molecular complexity index is 595. The highest BCUT2D eigenvalue weighted by Gasteiger charge is 2.06. The van der Waals surface area contributed by atoms with Gasteiger partial charge >= 0.3 is 5.97 Å². The summed E-state index contributed by atoms with van der Waals surface area (Å²) in [5.41, 5.74) is 8.33. The summed E-state index contributed by atoms with van der Waals surface area (Å²) in [4.78, 5) is 16.7. The van der Waals surface area contributed by atoms with Gasteiger partial charge < -0.3 is 10.5 Å². The number of hydrogen-bond acceptors (Lipinski definition) is 5. The summed E-state index contributed by atoms with van der Waals surface area (Å²) in [6, 6.07) is 11.8. The molecule has 0 spiro atoms. The molecule has 0 saturated carbocycles. The van der Waals surface area contributed by atoms with Crippen molar-refractivity contribution in [3.63, 3.8) is 0 Å². The van der Waals surface area contributed by atoms with Gasteiger partial charge in [-0.1, -0.05) is 12.1 Å². The number of esters is 1. The first-order chi connectivity index (χ1) is 10.1. The molecule has 1 aromatic carbocycles. The summed E-state index contributed by atoms with van der Waals surface area (Å²) in [6.07, 6.45) is 1.54. The first-order valence-corrected chi connectivity index (χ1v) is 7.60. The Hall–Kier alpha value is -1.85. The molecule has 0 aliphatic heterocycles. The Morgan fingerprint density at radius 1 is 1.29 bits per heavy atom. The van der Waals surface area contributed by atoms with E-state index in [9.17, 15) is 4.79 Å². The predicted molar refractivity (Wildman–Crippen MR) is 84.2 cm³/mol. The van der Waals surface area contributed by atoms with Crippen molar-refractivity contribution < 1.29 is 9.53 Å². The number of ether oxygens (including phenoxy) is 1. The SMILES string of the molecule is COC(=O)c1ccc(CSc2ccc(C(C)N)cc2)nc1. The molecule has 1 unspecified atom stereocenters. The predicted octanol–water partition coefficient (Wildman–Crippen LogP) is 3.18. The van der Waals surface area contributed by atoms with Crippen LogP contribution in [-0.4, -0.2) is 18.1 Å². The van der Waals surface area contributed by atoms with E-state index in [2.05, 4.69) is 21.9 Å². The number of nitrogens with two attached hydrogens (primary N) is 1. The topological polar surface area (TPSA) is 65.2 Å². The fourth-order valence-electron chi connectivity index (χ4n) is 1.77. The van der Waals surface area contributed by atoms with E-state index in [1.54, 1.807) is 24.0 Å². The van der Waals surface area contributed by atoms with Crippen LogP contribution in [0.5, 0.6) is 0 Å². The van der Waals surface area contributed by atoms with Gasteiger partial charge in [0, 0.05) is 22.9 Å². The van der Waals surface area contributed by atoms with Gasteiger partial charge in [-0.3, -0.25) is 4.98 Å². The van der Waals surface area contributed by atoms with Crippen LogP contribution < -0.4 is 5.73 Å². The van der Waals surface area contributed by atoms with Gasteiger partial charge in [-0.15, -0.1) is 11.8 Å². The van der Waals surface area contributed by atoms with Gasteiger partial charge in [0.2, 0.25) is 0 Å². The van der Waals surface area contributed by atoms with Crippen molar-refractivity contribution in [3.05, 3.63) is 59.4 Å². The van der Waals surface area contributed by atoms with Crippen LogP contribution >= 0.6 is 11.8 Å². The molecule has 2 N–H and O–H groups in total. The third kappa shape index (κ3) is 4.31. The van der Waals surface area contributed by atoms with Crippen LogP contribution in [0.2, 0.25) is 0 Å². The summed E-state index contributed by atoms with van der Waals surface area (Å²) < 4.78 is 4.64. The van der Waals surface area contributed by atoms with Crippen LogP contribution in [-0.2, 0) is 10.5 Å². The molecule has 110 valence electrons. The zero-order chi connectivity index (χ0) is 15.2. The molecule has 0 aliphatic carbocycles. The van der Waals surface area contributed by atoms with Gasteiger partial charge in [0.1, 0.15) is 0 Å². The van der Waals surface area contributed by atoms with E-state index >= 15 is 0 Å². The fourth-order valence-corrected chi connectivity index (χ4v) is 2.59. The Morgan fingerprint density at radius 3 is 2.52 bits per heavy atom. The normalized spacial score (nSPS) is 12.0. The molecule has 0 aliphatic rings. The van der Waals surface area contributed by atoms with Gasteiger partial charge in [-0.05, 0) is 36.8 Å². The lowest BCUT2D eigenvalue weighted by Gasteiger charge is -2.07. The zero-order valence-corrected chi connectivity index (χ0v) is 12.9. The molecule has 0 saturated heterocycles. The molecular formula is C16H18N2O2S. The second-order valence-corrected chi connectivity index (χ2v) is 5.72. The van der Waals surface area contributed by atoms with Crippen molar-refractivity contribution in [2.75, 3.05) is 7.11 Å². The molecule has 0 bridgehead atoms. The Kier molecular flexibility index (Phi) is 5.36. The van der Waals surface area contributed by atoms with Crippen LogP contribution in [0.3, 0.4) is 0 Å². The van der Waals surface area contributed by atoms with Gasteiger partial charge in [0.15, 0.2) is 0 Å². The lowest BCUT2D eigenvalue weighted by molar-refractivity contribution is 0.0600. The zero-order valence-electron chi connectivity index (χ0n) is 12.1. The average molecular weight is 302 g/mol. The maximum Gasteiger partial charge on any atom is 0.339 e. The highest BCUT2D eigenvalue weighted by atomic mass is 32.2. The molecule has 1 heterocycles. The number of methoxy groups -OCH3 is 1. The lowest BCUT2D eigenvalue weighted by atomic mass is 10.1. The van der Waals surface area contributed by atoms with Gasteiger partial charge in [-0.2, -0.15) is 0 Å². The van der Waals surface area contributed by atoms with Crippen molar-refractivity contribution in [3.8, 4) is 0 Å². The summed E-state index contributed by atoms with van der Waals surface area (Å²) in [7, 11) is 1.36. The Morgan fingerprint density at radius 2 is 2.00 bits per heavy atom. The van der Waals surface area contributed by atoms with Crippen molar-refractivity contribution in [2.45, 2.75) is 23.6 Å². The molecule has 1 atom stereocenters. The summed E-state index contributed by atoms with van der Waals surface area (Å²) in [5, 5.41) is 0. The number of nitrogens with zero attached hydrogens (tertiary/aromatic N) is 1. The molecule has 2 aromatic rings. The number of thioether (sulfide) groups is 1. The molecule has 0 fully saturated rings. The number of benzene rings is 1. The van der Waals surface area contributed by atoms with Crippen LogP contribution in [0.25, 0.3) is 0 Å². The maximum absolute atomic E-state index is 11.3. The monoisotopic (exact) mass is 302 g/mol. The molecule has 2 rings (SSSR count). The third-order valence-electron chi connectivity index (χ3n) is 3.04. The largest absolute Gasteiger partial charge is 0.465 e. The molecule has 1 aromatic heterocycles. The van der Waals surface area contributed by atoms with Crippen molar-refractivity contribution in [1.29, 1.82) is 0 Å². The van der Waals surface area contributed by atoms with Gasteiger partial charge in [0.25, 0.3) is 0 Å². The minimum Gasteiger partial charge on any atom is -0.465 e. The second kappa shape index (κ2) is 7.24.